The van der Waals surface area contributed by atoms with E-state index in [0.717, 1.165) is 48.9 Å². The van der Waals surface area contributed by atoms with Gasteiger partial charge in [-0.05, 0) is 31.3 Å². The van der Waals surface area contributed by atoms with Crippen molar-refractivity contribution in [2.24, 2.45) is 0 Å². The molecule has 4 aromatic heterocycles. The summed E-state index contributed by atoms with van der Waals surface area (Å²) < 4.78 is 7.43. The zero-order valence-corrected chi connectivity index (χ0v) is 15.7. The van der Waals surface area contributed by atoms with Gasteiger partial charge in [-0.3, -0.25) is 4.98 Å². The Morgan fingerprint density at radius 3 is 2.82 bits per heavy atom. The minimum atomic E-state index is 0.493. The fourth-order valence-electron chi connectivity index (χ4n) is 3.46. The second kappa shape index (κ2) is 7.05. The van der Waals surface area contributed by atoms with Crippen LogP contribution < -0.4 is 4.90 Å². The molecule has 142 valence electrons. The van der Waals surface area contributed by atoms with Gasteiger partial charge in [-0.2, -0.15) is 4.98 Å². The number of hydrogen-bond acceptors (Lipinski definition) is 7. The molecule has 0 spiro atoms. The Bertz CT molecular complexity index is 1060. The van der Waals surface area contributed by atoms with E-state index in [4.69, 9.17) is 4.52 Å². The first-order valence-electron chi connectivity index (χ1n) is 9.40. The van der Waals surface area contributed by atoms with E-state index in [2.05, 4.69) is 37.0 Å². The van der Waals surface area contributed by atoms with Crippen molar-refractivity contribution in [2.45, 2.75) is 6.42 Å². The van der Waals surface area contributed by atoms with Crippen LogP contribution in [0.25, 0.3) is 17.2 Å². The SMILES string of the molecule is CN1CCN(c2ccnc(-c3noc(Cc4cn5ccccc5n4)n3)c2)CC1. The maximum Gasteiger partial charge on any atom is 0.233 e. The first-order chi connectivity index (χ1) is 13.7. The molecule has 4 aromatic rings. The summed E-state index contributed by atoms with van der Waals surface area (Å²) in [6, 6.07) is 9.98. The molecular weight excluding hydrogens is 354 g/mol. The zero-order chi connectivity index (χ0) is 18.9. The lowest BCUT2D eigenvalue weighted by molar-refractivity contribution is 0.313. The number of nitrogens with zero attached hydrogens (tertiary/aromatic N) is 7. The largest absolute Gasteiger partial charge is 0.369 e. The zero-order valence-electron chi connectivity index (χ0n) is 15.7. The quantitative estimate of drug-likeness (QED) is 0.541. The van der Waals surface area contributed by atoms with Crippen LogP contribution in [0.3, 0.4) is 0 Å². The Labute approximate surface area is 162 Å². The molecule has 1 saturated heterocycles. The fourth-order valence-corrected chi connectivity index (χ4v) is 3.46. The van der Waals surface area contributed by atoms with E-state index in [-0.39, 0.29) is 0 Å². The minimum Gasteiger partial charge on any atom is -0.369 e. The standard InChI is InChI=1S/C20H21N7O/c1-25-8-10-26(11-9-25)16-5-6-21-17(13-16)20-23-19(28-24-20)12-15-14-27-7-3-2-4-18(27)22-15/h2-7,13-14H,8-12H2,1H3. The lowest BCUT2D eigenvalue weighted by atomic mass is 10.2. The van der Waals surface area contributed by atoms with Gasteiger partial charge in [0.25, 0.3) is 0 Å². The van der Waals surface area contributed by atoms with E-state index in [1.807, 2.05) is 47.1 Å². The van der Waals surface area contributed by atoms with Crippen LogP contribution in [0.4, 0.5) is 5.69 Å². The van der Waals surface area contributed by atoms with E-state index in [1.165, 1.54) is 0 Å². The van der Waals surface area contributed by atoms with Crippen LogP contribution in [-0.4, -0.2) is 62.6 Å². The lowest BCUT2D eigenvalue weighted by Gasteiger charge is -2.34. The van der Waals surface area contributed by atoms with E-state index >= 15 is 0 Å². The third kappa shape index (κ3) is 3.34. The molecular formula is C20H21N7O. The molecule has 0 aliphatic carbocycles. The van der Waals surface area contributed by atoms with Gasteiger partial charge in [0, 0.05) is 50.5 Å². The van der Waals surface area contributed by atoms with Crippen molar-refractivity contribution in [1.29, 1.82) is 0 Å². The number of aromatic nitrogens is 5. The van der Waals surface area contributed by atoms with Gasteiger partial charge >= 0.3 is 0 Å². The number of imidazole rings is 1. The molecule has 28 heavy (non-hydrogen) atoms. The molecule has 0 bridgehead atoms. The van der Waals surface area contributed by atoms with Crippen LogP contribution in [-0.2, 0) is 6.42 Å². The Balaban J connectivity index is 1.35. The number of rotatable bonds is 4. The van der Waals surface area contributed by atoms with Crippen LogP contribution >= 0.6 is 0 Å². The van der Waals surface area contributed by atoms with Gasteiger partial charge in [0.2, 0.25) is 11.7 Å². The first-order valence-corrected chi connectivity index (χ1v) is 9.40. The molecule has 5 heterocycles. The predicted molar refractivity (Wildman–Crippen MR) is 105 cm³/mol. The molecule has 8 nitrogen and oxygen atoms in total. The molecule has 5 rings (SSSR count). The molecule has 0 unspecified atom stereocenters. The maximum atomic E-state index is 5.45. The van der Waals surface area contributed by atoms with Gasteiger partial charge < -0.3 is 18.7 Å². The van der Waals surface area contributed by atoms with Crippen LogP contribution in [0, 0.1) is 0 Å². The van der Waals surface area contributed by atoms with Crippen molar-refractivity contribution in [3.05, 3.63) is 60.5 Å². The lowest BCUT2D eigenvalue weighted by Crippen LogP contribution is -2.44. The second-order valence-electron chi connectivity index (χ2n) is 7.08. The summed E-state index contributed by atoms with van der Waals surface area (Å²) in [6.07, 6.45) is 6.25. The normalized spacial score (nSPS) is 15.4. The van der Waals surface area contributed by atoms with Crippen LogP contribution in [0.5, 0.6) is 0 Å². The molecule has 8 heteroatoms. The van der Waals surface area contributed by atoms with Gasteiger partial charge in [-0.1, -0.05) is 11.2 Å². The third-order valence-electron chi connectivity index (χ3n) is 5.06. The van der Waals surface area contributed by atoms with Crippen LogP contribution in [0.15, 0.2) is 53.4 Å². The second-order valence-corrected chi connectivity index (χ2v) is 7.08. The fraction of sp³-hybridized carbons (Fsp3) is 0.300. The molecule has 0 saturated carbocycles. The van der Waals surface area contributed by atoms with Crippen LogP contribution in [0.2, 0.25) is 0 Å². The summed E-state index contributed by atoms with van der Waals surface area (Å²) >= 11 is 0. The highest BCUT2D eigenvalue weighted by atomic mass is 16.5. The number of hydrogen-bond donors (Lipinski definition) is 0. The number of pyridine rings is 2. The van der Waals surface area contributed by atoms with Gasteiger partial charge in [-0.15, -0.1) is 0 Å². The molecule has 0 aromatic carbocycles. The monoisotopic (exact) mass is 375 g/mol. The Morgan fingerprint density at radius 2 is 1.96 bits per heavy atom. The van der Waals surface area contributed by atoms with Gasteiger partial charge in [0.1, 0.15) is 11.3 Å². The van der Waals surface area contributed by atoms with Crippen molar-refractivity contribution in [2.75, 3.05) is 38.1 Å². The Hall–Kier alpha value is -3.26. The van der Waals surface area contributed by atoms with E-state index < -0.39 is 0 Å². The van der Waals surface area contributed by atoms with Crippen molar-refractivity contribution >= 4 is 11.3 Å². The van der Waals surface area contributed by atoms with E-state index in [9.17, 15) is 0 Å². The van der Waals surface area contributed by atoms with Crippen molar-refractivity contribution in [1.82, 2.24) is 29.4 Å². The smallest absolute Gasteiger partial charge is 0.233 e. The summed E-state index contributed by atoms with van der Waals surface area (Å²) in [5, 5.41) is 4.12. The Kier molecular flexibility index (Phi) is 4.25. The van der Waals surface area contributed by atoms with Crippen LogP contribution in [0.1, 0.15) is 11.6 Å². The topological polar surface area (TPSA) is 75.6 Å². The van der Waals surface area contributed by atoms with E-state index in [1.54, 1.807) is 6.20 Å². The molecule has 1 aliphatic heterocycles. The summed E-state index contributed by atoms with van der Waals surface area (Å²) in [6.45, 7) is 4.13. The Morgan fingerprint density at radius 1 is 1.07 bits per heavy atom. The summed E-state index contributed by atoms with van der Waals surface area (Å²) in [7, 11) is 2.15. The number of fused-ring (bicyclic) bond motifs is 1. The molecule has 0 N–H and O–H groups in total. The average molecular weight is 375 g/mol. The highest BCUT2D eigenvalue weighted by Crippen LogP contribution is 2.22. The van der Waals surface area contributed by atoms with Crippen molar-refractivity contribution < 1.29 is 4.52 Å². The number of anilines is 1. The van der Waals surface area contributed by atoms with Crippen molar-refractivity contribution in [3.63, 3.8) is 0 Å². The molecule has 0 atom stereocenters. The molecule has 1 aliphatic rings. The molecule has 1 fully saturated rings. The average Bonchev–Trinajstić information content (AvgIpc) is 3.35. The molecule has 0 radical (unpaired) electrons. The van der Waals surface area contributed by atoms with E-state index in [0.29, 0.717) is 18.1 Å². The molecule has 0 amide bonds. The van der Waals surface area contributed by atoms with Gasteiger partial charge in [-0.25, -0.2) is 4.98 Å². The number of likely N-dealkylation sites (N-methyl/N-ethyl adjacent to an activating group) is 1. The van der Waals surface area contributed by atoms with Gasteiger partial charge in [0.05, 0.1) is 12.1 Å². The summed E-state index contributed by atoms with van der Waals surface area (Å²) in [4.78, 5) is 18.2. The summed E-state index contributed by atoms with van der Waals surface area (Å²) in [5.41, 5.74) is 3.66. The maximum absolute atomic E-state index is 5.45. The predicted octanol–water partition coefficient (Wildman–Crippen LogP) is 2.12. The minimum absolute atomic E-state index is 0.493. The highest BCUT2D eigenvalue weighted by molar-refractivity contribution is 5.58. The van der Waals surface area contributed by atoms with Crippen molar-refractivity contribution in [3.8, 4) is 11.5 Å². The number of piperazine rings is 1. The third-order valence-corrected chi connectivity index (χ3v) is 5.06. The first kappa shape index (κ1) is 16.9. The van der Waals surface area contributed by atoms with Gasteiger partial charge in [0.15, 0.2) is 0 Å². The summed E-state index contributed by atoms with van der Waals surface area (Å²) in [5.74, 6) is 1.04. The highest BCUT2D eigenvalue weighted by Gasteiger charge is 2.17.